The first-order chi connectivity index (χ1) is 8.71. The molecule has 0 saturated carbocycles. The maximum absolute atomic E-state index is 5.87. The summed E-state index contributed by atoms with van der Waals surface area (Å²) in [6.45, 7) is 4.04. The summed E-state index contributed by atoms with van der Waals surface area (Å²) in [5.74, 6) is 1.52. The third-order valence-electron chi connectivity index (χ3n) is 2.47. The molecule has 0 aromatic carbocycles. The van der Waals surface area contributed by atoms with Gasteiger partial charge >= 0.3 is 0 Å². The number of pyridine rings is 1. The van der Waals surface area contributed by atoms with E-state index in [1.54, 1.807) is 0 Å². The molecule has 2 aromatic rings. The van der Waals surface area contributed by atoms with E-state index in [0.29, 0.717) is 17.6 Å². The zero-order chi connectivity index (χ0) is 13.0. The van der Waals surface area contributed by atoms with Crippen molar-refractivity contribution >= 4 is 11.6 Å². The molecule has 0 bridgehead atoms. The van der Waals surface area contributed by atoms with Gasteiger partial charge in [0.15, 0.2) is 0 Å². The first-order valence-electron chi connectivity index (χ1n) is 5.97. The second-order valence-electron chi connectivity index (χ2n) is 4.18. The van der Waals surface area contributed by atoms with Gasteiger partial charge in [0.2, 0.25) is 11.8 Å². The van der Waals surface area contributed by atoms with Crippen LogP contribution in [0.2, 0.25) is 0 Å². The zero-order valence-electron chi connectivity index (χ0n) is 10.5. The highest BCUT2D eigenvalue weighted by atomic mass is 35.5. The van der Waals surface area contributed by atoms with Crippen LogP contribution in [0, 0.1) is 6.92 Å². The van der Waals surface area contributed by atoms with E-state index in [0.717, 1.165) is 29.8 Å². The van der Waals surface area contributed by atoms with Crippen molar-refractivity contribution in [1.29, 1.82) is 0 Å². The Hall–Kier alpha value is -1.55. The molecule has 2 aromatic heterocycles. The summed E-state index contributed by atoms with van der Waals surface area (Å²) >= 11 is 5.87. The van der Waals surface area contributed by atoms with E-state index in [9.17, 15) is 0 Å². The summed E-state index contributed by atoms with van der Waals surface area (Å²) in [6, 6.07) is 5.68. The Bertz CT molecular complexity index is 525. The van der Waals surface area contributed by atoms with Crippen molar-refractivity contribution in [2.75, 3.05) is 0 Å². The third-order valence-corrected chi connectivity index (χ3v) is 2.78. The predicted molar refractivity (Wildman–Crippen MR) is 71.2 cm³/mol. The minimum Gasteiger partial charge on any atom is -0.419 e. The van der Waals surface area contributed by atoms with E-state index in [-0.39, 0.29) is 0 Å². The van der Waals surface area contributed by atoms with Gasteiger partial charge in [-0.25, -0.2) is 4.98 Å². The number of H-pyrrole nitrogens is 1. The normalized spacial score (nSPS) is 10.6. The number of aromatic amines is 1. The number of aryl methyl sites for hydroxylation is 2. The maximum atomic E-state index is 5.87. The van der Waals surface area contributed by atoms with Crippen LogP contribution in [0.5, 0.6) is 11.8 Å². The zero-order valence-corrected chi connectivity index (χ0v) is 11.3. The lowest BCUT2D eigenvalue weighted by molar-refractivity contribution is 0.441. The van der Waals surface area contributed by atoms with Gasteiger partial charge in [-0.1, -0.05) is 13.3 Å². The summed E-state index contributed by atoms with van der Waals surface area (Å²) in [4.78, 5) is 4.44. The Morgan fingerprint density at radius 1 is 1.28 bits per heavy atom. The highest BCUT2D eigenvalue weighted by Crippen LogP contribution is 2.21. The average Bonchev–Trinajstić information content (AvgIpc) is 2.75. The summed E-state index contributed by atoms with van der Waals surface area (Å²) < 4.78 is 5.62. The number of ether oxygens (including phenoxy) is 1. The standard InChI is InChI=1S/C13H16ClN3O/c1-3-4-11-6-10(8-14)7-12(15-11)18-13-5-9(2)16-17-13/h5-7H,3-4,8H2,1-2H3,(H,16,17). The van der Waals surface area contributed by atoms with Crippen LogP contribution in [0.1, 0.15) is 30.3 Å². The van der Waals surface area contributed by atoms with Gasteiger partial charge < -0.3 is 4.74 Å². The second-order valence-corrected chi connectivity index (χ2v) is 4.45. The highest BCUT2D eigenvalue weighted by Gasteiger charge is 2.06. The maximum Gasteiger partial charge on any atom is 0.240 e. The SMILES string of the molecule is CCCc1cc(CCl)cc(Oc2cc(C)[nH]n2)n1. The van der Waals surface area contributed by atoms with Gasteiger partial charge in [-0.15, -0.1) is 16.7 Å². The number of rotatable bonds is 5. The summed E-state index contributed by atoms with van der Waals surface area (Å²) in [5.41, 5.74) is 2.96. The first kappa shape index (κ1) is 12.9. The number of aromatic nitrogens is 3. The summed E-state index contributed by atoms with van der Waals surface area (Å²) in [5, 5.41) is 6.85. The van der Waals surface area contributed by atoms with Crippen LogP contribution < -0.4 is 4.74 Å². The fourth-order valence-corrected chi connectivity index (χ4v) is 1.84. The van der Waals surface area contributed by atoms with Gasteiger partial charge in [0.05, 0.1) is 0 Å². The van der Waals surface area contributed by atoms with Gasteiger partial charge in [0, 0.05) is 29.4 Å². The molecular formula is C13H16ClN3O. The lowest BCUT2D eigenvalue weighted by atomic mass is 10.2. The number of nitrogens with one attached hydrogen (secondary N) is 1. The van der Waals surface area contributed by atoms with Crippen molar-refractivity contribution in [3.63, 3.8) is 0 Å². The topological polar surface area (TPSA) is 50.8 Å². The van der Waals surface area contributed by atoms with Crippen LogP contribution in [0.4, 0.5) is 0 Å². The molecule has 0 aliphatic rings. The molecule has 0 aliphatic heterocycles. The van der Waals surface area contributed by atoms with Crippen LogP contribution in [0.25, 0.3) is 0 Å². The van der Waals surface area contributed by atoms with Crippen LogP contribution in [-0.2, 0) is 12.3 Å². The van der Waals surface area contributed by atoms with Gasteiger partial charge in [-0.3, -0.25) is 5.10 Å². The Balaban J connectivity index is 2.23. The molecule has 2 heterocycles. The highest BCUT2D eigenvalue weighted by molar-refractivity contribution is 6.17. The molecule has 4 nitrogen and oxygen atoms in total. The van der Waals surface area contributed by atoms with Gasteiger partial charge in [0.25, 0.3) is 0 Å². The molecule has 0 radical (unpaired) electrons. The van der Waals surface area contributed by atoms with Crippen LogP contribution >= 0.6 is 11.6 Å². The second kappa shape index (κ2) is 5.87. The van der Waals surface area contributed by atoms with Crippen LogP contribution in [-0.4, -0.2) is 15.2 Å². The quantitative estimate of drug-likeness (QED) is 0.841. The van der Waals surface area contributed by atoms with Crippen molar-refractivity contribution in [2.45, 2.75) is 32.6 Å². The Labute approximate surface area is 111 Å². The summed E-state index contributed by atoms with van der Waals surface area (Å²) in [6.07, 6.45) is 1.96. The van der Waals surface area contributed by atoms with Gasteiger partial charge in [-0.05, 0) is 25.0 Å². The van der Waals surface area contributed by atoms with E-state index in [1.807, 2.05) is 25.1 Å². The van der Waals surface area contributed by atoms with Crippen molar-refractivity contribution < 1.29 is 4.74 Å². The lowest BCUT2D eigenvalue weighted by Gasteiger charge is -2.06. The van der Waals surface area contributed by atoms with Crippen molar-refractivity contribution in [3.8, 4) is 11.8 Å². The number of nitrogens with zero attached hydrogens (tertiary/aromatic N) is 2. The molecule has 96 valence electrons. The molecule has 5 heteroatoms. The third kappa shape index (κ3) is 3.23. The van der Waals surface area contributed by atoms with E-state index < -0.39 is 0 Å². The molecular weight excluding hydrogens is 250 g/mol. The first-order valence-corrected chi connectivity index (χ1v) is 6.50. The van der Waals surface area contributed by atoms with Crippen molar-refractivity contribution in [2.24, 2.45) is 0 Å². The molecule has 0 saturated heterocycles. The molecule has 0 unspecified atom stereocenters. The Kier molecular flexibility index (Phi) is 4.20. The van der Waals surface area contributed by atoms with Crippen LogP contribution in [0.15, 0.2) is 18.2 Å². The fourth-order valence-electron chi connectivity index (χ4n) is 1.69. The van der Waals surface area contributed by atoms with E-state index >= 15 is 0 Å². The molecule has 18 heavy (non-hydrogen) atoms. The molecule has 0 aliphatic carbocycles. The van der Waals surface area contributed by atoms with Crippen molar-refractivity contribution in [3.05, 3.63) is 35.2 Å². The smallest absolute Gasteiger partial charge is 0.240 e. The molecule has 1 N–H and O–H groups in total. The van der Waals surface area contributed by atoms with E-state index in [2.05, 4.69) is 22.1 Å². The fraction of sp³-hybridized carbons (Fsp3) is 0.385. The van der Waals surface area contributed by atoms with E-state index in [1.165, 1.54) is 0 Å². The van der Waals surface area contributed by atoms with E-state index in [4.69, 9.17) is 16.3 Å². The lowest BCUT2D eigenvalue weighted by Crippen LogP contribution is -1.96. The molecule has 2 rings (SSSR count). The Morgan fingerprint density at radius 2 is 2.11 bits per heavy atom. The average molecular weight is 266 g/mol. The van der Waals surface area contributed by atoms with Gasteiger partial charge in [-0.2, -0.15) is 0 Å². The number of alkyl halides is 1. The summed E-state index contributed by atoms with van der Waals surface area (Å²) in [7, 11) is 0. The predicted octanol–water partition coefficient (Wildman–Crippen LogP) is 3.60. The molecule has 0 atom stereocenters. The Morgan fingerprint density at radius 3 is 2.72 bits per heavy atom. The largest absolute Gasteiger partial charge is 0.419 e. The number of hydrogen-bond acceptors (Lipinski definition) is 3. The molecule has 0 amide bonds. The minimum atomic E-state index is 0.454. The molecule has 0 spiro atoms. The van der Waals surface area contributed by atoms with Gasteiger partial charge in [0.1, 0.15) is 0 Å². The number of halogens is 1. The van der Waals surface area contributed by atoms with Crippen LogP contribution in [0.3, 0.4) is 0 Å². The number of hydrogen-bond donors (Lipinski definition) is 1. The molecule has 0 fully saturated rings. The minimum absolute atomic E-state index is 0.454. The monoisotopic (exact) mass is 265 g/mol. The van der Waals surface area contributed by atoms with Crippen molar-refractivity contribution in [1.82, 2.24) is 15.2 Å².